The molecule has 2 aromatic rings. The molecule has 1 aliphatic heterocycles. The van der Waals surface area contributed by atoms with Crippen molar-refractivity contribution in [2.45, 2.75) is 20.0 Å². The summed E-state index contributed by atoms with van der Waals surface area (Å²) < 4.78 is 6.14. The second-order valence-electron chi connectivity index (χ2n) is 4.86. The fourth-order valence-electron chi connectivity index (χ4n) is 2.48. The molecule has 0 spiro atoms. The van der Waals surface area contributed by atoms with Gasteiger partial charge in [-0.3, -0.25) is 0 Å². The summed E-state index contributed by atoms with van der Waals surface area (Å²) in [5.74, 6) is 0.987. The van der Waals surface area contributed by atoms with Crippen LogP contribution in [0.2, 0.25) is 0 Å². The lowest BCUT2D eigenvalue weighted by Crippen LogP contribution is -2.24. The second kappa shape index (κ2) is 4.37. The van der Waals surface area contributed by atoms with Crippen LogP contribution in [0, 0.1) is 13.8 Å². The topological polar surface area (TPSA) is 21.3 Å². The standard InChI is InChI=1S/C16H17NO/c1-11-8-12(2)16-14(9-11)17-10-15(18-16)13-6-4-3-5-7-13/h3-9,15,17H,10H2,1-2H3. The fraction of sp³-hybridized carbons (Fsp3) is 0.250. The zero-order chi connectivity index (χ0) is 12.5. The van der Waals surface area contributed by atoms with Crippen LogP contribution in [0.15, 0.2) is 42.5 Å². The van der Waals surface area contributed by atoms with Crippen molar-refractivity contribution >= 4 is 5.69 Å². The number of ether oxygens (including phenoxy) is 1. The SMILES string of the molecule is Cc1cc(C)c2c(c1)NCC(c1ccccc1)O2. The Bertz CT molecular complexity index is 563. The predicted octanol–water partition coefficient (Wildman–Crippen LogP) is 3.85. The molecular formula is C16H17NO. The molecule has 0 aromatic heterocycles. The largest absolute Gasteiger partial charge is 0.481 e. The number of benzene rings is 2. The minimum Gasteiger partial charge on any atom is -0.481 e. The number of hydrogen-bond donors (Lipinski definition) is 1. The maximum atomic E-state index is 6.14. The Morgan fingerprint density at radius 2 is 1.89 bits per heavy atom. The molecule has 92 valence electrons. The van der Waals surface area contributed by atoms with E-state index in [1.54, 1.807) is 0 Å². The van der Waals surface area contributed by atoms with Crippen molar-refractivity contribution in [3.63, 3.8) is 0 Å². The molecule has 1 unspecified atom stereocenters. The van der Waals surface area contributed by atoms with Crippen molar-refractivity contribution in [3.05, 3.63) is 59.2 Å². The van der Waals surface area contributed by atoms with Gasteiger partial charge in [0.25, 0.3) is 0 Å². The van der Waals surface area contributed by atoms with Crippen LogP contribution in [-0.2, 0) is 0 Å². The van der Waals surface area contributed by atoms with E-state index in [1.165, 1.54) is 16.7 Å². The van der Waals surface area contributed by atoms with Gasteiger partial charge in [-0.05, 0) is 36.6 Å². The lowest BCUT2D eigenvalue weighted by atomic mass is 10.0. The van der Waals surface area contributed by atoms with Crippen LogP contribution in [-0.4, -0.2) is 6.54 Å². The average molecular weight is 239 g/mol. The van der Waals surface area contributed by atoms with E-state index in [1.807, 2.05) is 6.07 Å². The van der Waals surface area contributed by atoms with E-state index < -0.39 is 0 Å². The molecule has 2 heteroatoms. The molecule has 1 heterocycles. The molecule has 2 nitrogen and oxygen atoms in total. The first-order valence-corrected chi connectivity index (χ1v) is 6.31. The van der Waals surface area contributed by atoms with E-state index in [-0.39, 0.29) is 6.10 Å². The minimum absolute atomic E-state index is 0.0973. The van der Waals surface area contributed by atoms with E-state index in [2.05, 4.69) is 55.6 Å². The van der Waals surface area contributed by atoms with E-state index in [9.17, 15) is 0 Å². The van der Waals surface area contributed by atoms with E-state index in [4.69, 9.17) is 4.74 Å². The fourth-order valence-corrected chi connectivity index (χ4v) is 2.48. The van der Waals surface area contributed by atoms with Gasteiger partial charge in [0.05, 0.1) is 12.2 Å². The number of aryl methyl sites for hydroxylation is 2. The summed E-state index contributed by atoms with van der Waals surface area (Å²) in [5, 5.41) is 3.47. The summed E-state index contributed by atoms with van der Waals surface area (Å²) in [6.07, 6.45) is 0.0973. The molecule has 0 aliphatic carbocycles. The quantitative estimate of drug-likeness (QED) is 0.816. The summed E-state index contributed by atoms with van der Waals surface area (Å²) in [5.41, 5.74) is 4.79. The molecule has 0 bridgehead atoms. The molecule has 0 amide bonds. The third-order valence-corrected chi connectivity index (χ3v) is 3.33. The summed E-state index contributed by atoms with van der Waals surface area (Å²) >= 11 is 0. The predicted molar refractivity (Wildman–Crippen MR) is 74.2 cm³/mol. The van der Waals surface area contributed by atoms with Crippen molar-refractivity contribution in [1.82, 2.24) is 0 Å². The third kappa shape index (κ3) is 1.94. The molecule has 1 N–H and O–H groups in total. The summed E-state index contributed by atoms with van der Waals surface area (Å²) in [7, 11) is 0. The smallest absolute Gasteiger partial charge is 0.146 e. The molecule has 0 fully saturated rings. The van der Waals surface area contributed by atoms with E-state index in [0.717, 1.165) is 18.0 Å². The van der Waals surface area contributed by atoms with Gasteiger partial charge in [0, 0.05) is 0 Å². The molecule has 0 saturated heterocycles. The molecule has 18 heavy (non-hydrogen) atoms. The molecule has 0 radical (unpaired) electrons. The Labute approximate surface area is 108 Å². The second-order valence-corrected chi connectivity index (χ2v) is 4.86. The van der Waals surface area contributed by atoms with Gasteiger partial charge in [-0.1, -0.05) is 36.4 Å². The molecule has 0 saturated carbocycles. The van der Waals surface area contributed by atoms with Gasteiger partial charge in [0.1, 0.15) is 11.9 Å². The zero-order valence-corrected chi connectivity index (χ0v) is 10.7. The van der Waals surface area contributed by atoms with Gasteiger partial charge in [0.2, 0.25) is 0 Å². The van der Waals surface area contributed by atoms with Gasteiger partial charge in [0.15, 0.2) is 0 Å². The summed E-state index contributed by atoms with van der Waals surface area (Å²) in [6.45, 7) is 5.03. The van der Waals surface area contributed by atoms with Gasteiger partial charge < -0.3 is 10.1 Å². The molecule has 3 rings (SSSR count). The summed E-state index contributed by atoms with van der Waals surface area (Å²) in [6, 6.07) is 14.7. The minimum atomic E-state index is 0.0973. The number of fused-ring (bicyclic) bond motifs is 1. The van der Waals surface area contributed by atoms with Gasteiger partial charge in [-0.25, -0.2) is 0 Å². The summed E-state index contributed by atoms with van der Waals surface area (Å²) in [4.78, 5) is 0. The highest BCUT2D eigenvalue weighted by Gasteiger charge is 2.22. The van der Waals surface area contributed by atoms with Crippen LogP contribution in [0.1, 0.15) is 22.8 Å². The molecule has 1 aliphatic rings. The zero-order valence-electron chi connectivity index (χ0n) is 10.7. The van der Waals surface area contributed by atoms with Crippen molar-refractivity contribution in [2.24, 2.45) is 0 Å². The third-order valence-electron chi connectivity index (χ3n) is 3.33. The molecule has 1 atom stereocenters. The van der Waals surface area contributed by atoms with E-state index >= 15 is 0 Å². The van der Waals surface area contributed by atoms with Crippen molar-refractivity contribution in [2.75, 3.05) is 11.9 Å². The monoisotopic (exact) mass is 239 g/mol. The van der Waals surface area contributed by atoms with Crippen LogP contribution in [0.25, 0.3) is 0 Å². The van der Waals surface area contributed by atoms with Crippen LogP contribution < -0.4 is 10.1 Å². The first kappa shape index (κ1) is 11.1. The Morgan fingerprint density at radius 3 is 2.67 bits per heavy atom. The number of hydrogen-bond acceptors (Lipinski definition) is 2. The van der Waals surface area contributed by atoms with Crippen LogP contribution in [0.5, 0.6) is 5.75 Å². The van der Waals surface area contributed by atoms with Crippen LogP contribution in [0.4, 0.5) is 5.69 Å². The lowest BCUT2D eigenvalue weighted by Gasteiger charge is -2.29. The van der Waals surface area contributed by atoms with Crippen molar-refractivity contribution < 1.29 is 4.74 Å². The van der Waals surface area contributed by atoms with Crippen molar-refractivity contribution in [1.29, 1.82) is 0 Å². The van der Waals surface area contributed by atoms with Gasteiger partial charge >= 0.3 is 0 Å². The first-order chi connectivity index (χ1) is 8.74. The van der Waals surface area contributed by atoms with Gasteiger partial charge in [-0.15, -0.1) is 0 Å². The Kier molecular flexibility index (Phi) is 2.71. The highest BCUT2D eigenvalue weighted by molar-refractivity contribution is 5.63. The number of nitrogens with one attached hydrogen (secondary N) is 1. The number of anilines is 1. The van der Waals surface area contributed by atoms with Gasteiger partial charge in [-0.2, -0.15) is 0 Å². The normalized spacial score (nSPS) is 17.6. The molecular weight excluding hydrogens is 222 g/mol. The van der Waals surface area contributed by atoms with Crippen LogP contribution >= 0.6 is 0 Å². The maximum absolute atomic E-state index is 6.14. The number of rotatable bonds is 1. The first-order valence-electron chi connectivity index (χ1n) is 6.31. The molecule has 2 aromatic carbocycles. The Morgan fingerprint density at radius 1 is 1.11 bits per heavy atom. The highest BCUT2D eigenvalue weighted by atomic mass is 16.5. The van der Waals surface area contributed by atoms with Crippen molar-refractivity contribution in [3.8, 4) is 5.75 Å². The van der Waals surface area contributed by atoms with E-state index in [0.29, 0.717) is 0 Å². The Balaban J connectivity index is 1.94. The average Bonchev–Trinajstić information content (AvgIpc) is 2.39. The highest BCUT2D eigenvalue weighted by Crippen LogP contribution is 2.37. The van der Waals surface area contributed by atoms with Crippen LogP contribution in [0.3, 0.4) is 0 Å². The Hall–Kier alpha value is -1.96. The lowest BCUT2D eigenvalue weighted by molar-refractivity contribution is 0.209. The maximum Gasteiger partial charge on any atom is 0.146 e.